The predicted octanol–water partition coefficient (Wildman–Crippen LogP) is 4.82. The molecule has 278 valence electrons. The van der Waals surface area contributed by atoms with E-state index >= 15 is 0 Å². The van der Waals surface area contributed by atoms with Crippen LogP contribution < -0.4 is 15.6 Å². The number of carboxylic acid groups (broad SMARTS) is 1. The second-order valence-corrected chi connectivity index (χ2v) is 14.9. The molecule has 5 N–H and O–H groups in total. The lowest BCUT2D eigenvalue weighted by Gasteiger charge is -2.61. The number of aromatic hydroxyl groups is 1. The van der Waals surface area contributed by atoms with Crippen LogP contribution in [0.2, 0.25) is 0 Å². The lowest BCUT2D eigenvalue weighted by molar-refractivity contribution is -0.162. The smallest absolute Gasteiger partial charge is 0.318 e. The Morgan fingerprint density at radius 1 is 0.907 bits per heavy atom. The Balaban J connectivity index is 0.874. The van der Waals surface area contributed by atoms with E-state index in [-0.39, 0.29) is 36.2 Å². The van der Waals surface area contributed by atoms with Gasteiger partial charge in [0, 0.05) is 43.2 Å². The SMILES string of the molecule is O=C(c1ccc(OCc2ccc(CNC[C@H](O)c3ccc(O)c4[nH]c(=O)ccc34)cc2)cc1)N1CC(C(=O)O)(c2ccccc2)[C@H]1C1CN2CCC1CC2. The van der Waals surface area contributed by atoms with E-state index in [1.165, 1.54) is 12.1 Å². The molecule has 5 aromatic rings. The maximum atomic E-state index is 14.0. The van der Waals surface area contributed by atoms with E-state index in [0.717, 1.165) is 49.2 Å². The molecule has 0 spiro atoms. The number of rotatable bonds is 12. The van der Waals surface area contributed by atoms with Gasteiger partial charge in [0.2, 0.25) is 5.56 Å². The standard InChI is InChI=1S/C43H44N4O7/c48-36-16-14-33(34-15-17-38(50)45-39(34)36)37(49)23-44-22-27-6-8-28(9-7-27)25-54-32-12-10-30(11-13-32)41(51)47-26-43(42(52)53,31-4-2-1-3-5-31)40(47)35-24-46-20-18-29(35)19-21-46/h1-17,29,35,37,40,44,48-49H,18-26H2,(H,45,50)(H,52,53)/t35?,37-,40+,43?/m0/s1. The maximum Gasteiger partial charge on any atom is 0.318 e. The summed E-state index contributed by atoms with van der Waals surface area (Å²) in [5.41, 5.74) is 2.70. The quantitative estimate of drug-likeness (QED) is 0.122. The average Bonchev–Trinajstić information content (AvgIpc) is 3.18. The van der Waals surface area contributed by atoms with E-state index in [2.05, 4.69) is 15.2 Å². The van der Waals surface area contributed by atoms with Crippen LogP contribution in [0.25, 0.3) is 10.9 Å². The number of aliphatic hydroxyl groups is 1. The highest BCUT2D eigenvalue weighted by Crippen LogP contribution is 2.50. The van der Waals surface area contributed by atoms with E-state index in [1.54, 1.807) is 41.3 Å². The number of nitrogens with one attached hydrogen (secondary N) is 2. The maximum absolute atomic E-state index is 14.0. The van der Waals surface area contributed by atoms with Crippen molar-refractivity contribution in [1.82, 2.24) is 20.1 Å². The number of carboxylic acids is 1. The Bertz CT molecular complexity index is 2200. The number of hydrogen-bond acceptors (Lipinski definition) is 8. The molecule has 2 bridgehead atoms. The van der Waals surface area contributed by atoms with E-state index in [4.69, 9.17) is 4.74 Å². The van der Waals surface area contributed by atoms with Gasteiger partial charge in [-0.1, -0.05) is 60.7 Å². The number of phenolic OH excluding ortho intramolecular Hbond substituents is 1. The summed E-state index contributed by atoms with van der Waals surface area (Å²) in [4.78, 5) is 45.7. The Morgan fingerprint density at radius 3 is 2.31 bits per heavy atom. The summed E-state index contributed by atoms with van der Waals surface area (Å²) in [7, 11) is 0. The number of H-pyrrole nitrogens is 1. The number of likely N-dealkylation sites (tertiary alicyclic amines) is 1. The van der Waals surface area contributed by atoms with Crippen LogP contribution in [0.15, 0.2) is 108 Å². The second kappa shape index (κ2) is 14.7. The van der Waals surface area contributed by atoms with Crippen molar-refractivity contribution in [2.75, 3.05) is 32.7 Å². The van der Waals surface area contributed by atoms with Gasteiger partial charge in [0.25, 0.3) is 5.91 Å². The number of aromatic nitrogens is 1. The molecule has 0 radical (unpaired) electrons. The first-order chi connectivity index (χ1) is 26.2. The van der Waals surface area contributed by atoms with Gasteiger partial charge in [0.05, 0.1) is 17.7 Å². The number of amides is 1. The molecule has 4 aliphatic heterocycles. The molecule has 1 amide bonds. The summed E-state index contributed by atoms with van der Waals surface area (Å²) in [5.74, 6) is 0.0507. The first kappa shape index (κ1) is 35.5. The molecule has 4 aromatic carbocycles. The molecule has 11 nitrogen and oxygen atoms in total. The zero-order chi connectivity index (χ0) is 37.4. The minimum Gasteiger partial charge on any atom is -0.506 e. The Labute approximate surface area is 312 Å². The molecule has 0 aliphatic carbocycles. The Kier molecular flexibility index (Phi) is 9.70. The molecule has 1 aromatic heterocycles. The highest BCUT2D eigenvalue weighted by molar-refractivity contribution is 5.98. The van der Waals surface area contributed by atoms with Crippen molar-refractivity contribution < 1.29 is 29.6 Å². The van der Waals surface area contributed by atoms with Crippen molar-refractivity contribution >= 4 is 22.8 Å². The number of nitrogens with zero attached hydrogens (tertiary/aromatic N) is 2. The van der Waals surface area contributed by atoms with Crippen LogP contribution in [0.4, 0.5) is 0 Å². The van der Waals surface area contributed by atoms with Crippen LogP contribution in [0.1, 0.15) is 51.6 Å². The van der Waals surface area contributed by atoms with Crippen molar-refractivity contribution in [3.05, 3.63) is 141 Å². The van der Waals surface area contributed by atoms with Crippen molar-refractivity contribution in [2.24, 2.45) is 11.8 Å². The van der Waals surface area contributed by atoms with Crippen molar-refractivity contribution in [1.29, 1.82) is 0 Å². The summed E-state index contributed by atoms with van der Waals surface area (Å²) in [6, 6.07) is 30.1. The van der Waals surface area contributed by atoms with Gasteiger partial charge in [-0.25, -0.2) is 0 Å². The minimum absolute atomic E-state index is 0.0489. The Morgan fingerprint density at radius 2 is 1.63 bits per heavy atom. The van der Waals surface area contributed by atoms with Gasteiger partial charge in [0.1, 0.15) is 23.5 Å². The van der Waals surface area contributed by atoms with Crippen molar-refractivity contribution in [3.63, 3.8) is 0 Å². The van der Waals surface area contributed by atoms with Crippen LogP contribution >= 0.6 is 0 Å². The number of carbonyl (C=O) groups is 2. The highest BCUT2D eigenvalue weighted by atomic mass is 16.5. The summed E-state index contributed by atoms with van der Waals surface area (Å²) < 4.78 is 6.06. The van der Waals surface area contributed by atoms with E-state index in [1.807, 2.05) is 54.6 Å². The van der Waals surface area contributed by atoms with Gasteiger partial charge >= 0.3 is 5.97 Å². The molecule has 9 rings (SSSR count). The van der Waals surface area contributed by atoms with Crippen LogP contribution in [0, 0.1) is 11.8 Å². The molecule has 4 fully saturated rings. The monoisotopic (exact) mass is 728 g/mol. The van der Waals surface area contributed by atoms with Crippen molar-refractivity contribution in [3.8, 4) is 11.5 Å². The molecular weight excluding hydrogens is 684 g/mol. The highest BCUT2D eigenvalue weighted by Gasteiger charge is 2.64. The third-order valence-electron chi connectivity index (χ3n) is 11.8. The van der Waals surface area contributed by atoms with Gasteiger partial charge in [-0.05, 0) is 96.4 Å². The number of ether oxygens (including phenoxy) is 1. The first-order valence-electron chi connectivity index (χ1n) is 18.6. The van der Waals surface area contributed by atoms with Crippen LogP contribution in [0.5, 0.6) is 11.5 Å². The Hall–Kier alpha value is -5.49. The van der Waals surface area contributed by atoms with E-state index in [9.17, 15) is 29.7 Å². The molecule has 11 heteroatoms. The molecule has 4 saturated heterocycles. The molecule has 2 unspecified atom stereocenters. The normalized spacial score (nSPS) is 23.8. The predicted molar refractivity (Wildman–Crippen MR) is 203 cm³/mol. The lowest BCUT2D eigenvalue weighted by atomic mass is 9.58. The molecule has 5 heterocycles. The number of carbonyl (C=O) groups excluding carboxylic acids is 1. The lowest BCUT2D eigenvalue weighted by Crippen LogP contribution is -2.76. The number of piperidine rings is 3. The fraction of sp³-hybridized carbons (Fsp3) is 0.326. The van der Waals surface area contributed by atoms with Crippen molar-refractivity contribution in [2.45, 2.75) is 43.6 Å². The number of aliphatic hydroxyl groups excluding tert-OH is 1. The van der Waals surface area contributed by atoms with Gasteiger partial charge in [-0.3, -0.25) is 14.4 Å². The zero-order valence-corrected chi connectivity index (χ0v) is 29.9. The largest absolute Gasteiger partial charge is 0.506 e. The van der Waals surface area contributed by atoms with Gasteiger partial charge in [-0.15, -0.1) is 0 Å². The van der Waals surface area contributed by atoms with Crippen LogP contribution in [-0.2, 0) is 23.4 Å². The number of aromatic amines is 1. The number of phenols is 1. The molecule has 4 atom stereocenters. The third-order valence-corrected chi connectivity index (χ3v) is 11.8. The number of fused-ring (bicyclic) bond motifs is 4. The fourth-order valence-electron chi connectivity index (χ4n) is 8.88. The number of aliphatic carboxylic acids is 1. The summed E-state index contributed by atoms with van der Waals surface area (Å²) in [5, 5.41) is 35.5. The fourth-order valence-corrected chi connectivity index (χ4v) is 8.88. The van der Waals surface area contributed by atoms with E-state index < -0.39 is 23.5 Å². The van der Waals surface area contributed by atoms with Gasteiger partial charge in [0.15, 0.2) is 0 Å². The summed E-state index contributed by atoms with van der Waals surface area (Å²) >= 11 is 0. The average molecular weight is 729 g/mol. The molecule has 54 heavy (non-hydrogen) atoms. The second-order valence-electron chi connectivity index (χ2n) is 14.9. The topological polar surface area (TPSA) is 155 Å². The number of benzene rings is 4. The van der Waals surface area contributed by atoms with Gasteiger partial charge < -0.3 is 40.2 Å². The molecule has 4 aliphatic rings. The number of pyridine rings is 1. The van der Waals surface area contributed by atoms with Crippen LogP contribution in [0.3, 0.4) is 0 Å². The van der Waals surface area contributed by atoms with E-state index in [0.29, 0.717) is 46.8 Å². The molecule has 0 saturated carbocycles. The molecular formula is C43H44N4O7. The number of hydrogen-bond donors (Lipinski definition) is 5. The first-order valence-corrected chi connectivity index (χ1v) is 18.6. The summed E-state index contributed by atoms with van der Waals surface area (Å²) in [6.45, 7) is 4.16. The van der Waals surface area contributed by atoms with Crippen LogP contribution in [-0.4, -0.2) is 80.7 Å². The third kappa shape index (κ3) is 6.63. The minimum atomic E-state index is -1.14. The van der Waals surface area contributed by atoms with Gasteiger partial charge in [-0.2, -0.15) is 0 Å². The zero-order valence-electron chi connectivity index (χ0n) is 29.9. The summed E-state index contributed by atoms with van der Waals surface area (Å²) in [6.07, 6.45) is 1.22.